The number of aromatic hydroxyl groups is 1. The second-order valence-electron chi connectivity index (χ2n) is 5.19. The van der Waals surface area contributed by atoms with Crippen LogP contribution in [-0.4, -0.2) is 26.9 Å². The van der Waals surface area contributed by atoms with Crippen molar-refractivity contribution in [2.24, 2.45) is 0 Å². The number of benzene rings is 2. The summed E-state index contributed by atoms with van der Waals surface area (Å²) < 4.78 is 2.31. The van der Waals surface area contributed by atoms with E-state index in [1.165, 1.54) is 5.56 Å². The van der Waals surface area contributed by atoms with Gasteiger partial charge in [0.05, 0.1) is 11.4 Å². The molecule has 3 aromatic rings. The van der Waals surface area contributed by atoms with Crippen LogP contribution in [0.2, 0.25) is 0 Å². The maximum atomic E-state index is 10.1. The molecule has 0 spiro atoms. The molecule has 0 atom stereocenters. The predicted molar refractivity (Wildman–Crippen MR) is 94.8 cm³/mol. The molecule has 0 amide bonds. The van der Waals surface area contributed by atoms with Gasteiger partial charge in [0.15, 0.2) is 10.6 Å². The quantitative estimate of drug-likeness (QED) is 0.502. The number of aromatic nitrogens is 3. The van der Waals surface area contributed by atoms with Crippen LogP contribution < -0.4 is 5.32 Å². The largest absolute Gasteiger partial charge is 0.506 e. The SMILES string of the molecule is CCc1cccc(-c2n[nH]c(=S)n2-c2ccc(NC)c(O)c2)c1. The Labute approximate surface area is 139 Å². The van der Waals surface area contributed by atoms with Gasteiger partial charge in [-0.25, -0.2) is 0 Å². The average Bonchev–Trinajstić information content (AvgIpc) is 2.96. The molecule has 0 radical (unpaired) electrons. The number of aryl methyl sites for hydroxylation is 1. The molecule has 1 aromatic heterocycles. The van der Waals surface area contributed by atoms with Crippen molar-refractivity contribution in [2.45, 2.75) is 13.3 Å². The number of hydrogen-bond donors (Lipinski definition) is 3. The molecule has 0 saturated heterocycles. The lowest BCUT2D eigenvalue weighted by molar-refractivity contribution is 0.477. The Bertz CT molecular complexity index is 898. The van der Waals surface area contributed by atoms with Gasteiger partial charge < -0.3 is 10.4 Å². The van der Waals surface area contributed by atoms with Crippen LogP contribution in [0.4, 0.5) is 5.69 Å². The third kappa shape index (κ3) is 2.85. The first-order valence-electron chi connectivity index (χ1n) is 7.42. The first-order valence-corrected chi connectivity index (χ1v) is 7.82. The molecule has 5 nitrogen and oxygen atoms in total. The van der Waals surface area contributed by atoms with Gasteiger partial charge in [-0.2, -0.15) is 5.10 Å². The van der Waals surface area contributed by atoms with E-state index >= 15 is 0 Å². The molecule has 0 saturated carbocycles. The highest BCUT2D eigenvalue weighted by atomic mass is 32.1. The van der Waals surface area contributed by atoms with E-state index in [9.17, 15) is 5.11 Å². The summed E-state index contributed by atoms with van der Waals surface area (Å²) >= 11 is 5.37. The van der Waals surface area contributed by atoms with Crippen molar-refractivity contribution in [3.63, 3.8) is 0 Å². The highest BCUT2D eigenvalue weighted by Crippen LogP contribution is 2.28. The fraction of sp³-hybridized carbons (Fsp3) is 0.176. The van der Waals surface area contributed by atoms with Crippen LogP contribution in [0, 0.1) is 4.77 Å². The minimum Gasteiger partial charge on any atom is -0.506 e. The van der Waals surface area contributed by atoms with Crippen molar-refractivity contribution in [1.29, 1.82) is 0 Å². The second-order valence-corrected chi connectivity index (χ2v) is 5.58. The van der Waals surface area contributed by atoms with E-state index < -0.39 is 0 Å². The van der Waals surface area contributed by atoms with E-state index in [0.717, 1.165) is 23.5 Å². The number of phenolic OH excluding ortho intramolecular Hbond substituents is 1. The maximum Gasteiger partial charge on any atom is 0.200 e. The molecule has 0 unspecified atom stereocenters. The zero-order valence-electron chi connectivity index (χ0n) is 13.0. The van der Waals surface area contributed by atoms with E-state index in [4.69, 9.17) is 12.2 Å². The molecule has 1 heterocycles. The number of phenols is 1. The molecule has 0 bridgehead atoms. The number of nitrogens with one attached hydrogen (secondary N) is 2. The molecule has 23 heavy (non-hydrogen) atoms. The first kappa shape index (κ1) is 15.3. The van der Waals surface area contributed by atoms with Gasteiger partial charge in [0.25, 0.3) is 0 Å². The van der Waals surface area contributed by atoms with Crippen LogP contribution >= 0.6 is 12.2 Å². The monoisotopic (exact) mass is 326 g/mol. The Hall–Kier alpha value is -2.60. The van der Waals surface area contributed by atoms with Gasteiger partial charge in [0, 0.05) is 18.7 Å². The lowest BCUT2D eigenvalue weighted by atomic mass is 10.1. The van der Waals surface area contributed by atoms with E-state index in [-0.39, 0.29) is 5.75 Å². The van der Waals surface area contributed by atoms with Gasteiger partial charge in [-0.3, -0.25) is 9.67 Å². The van der Waals surface area contributed by atoms with Crippen LogP contribution in [0.25, 0.3) is 17.1 Å². The van der Waals surface area contributed by atoms with Crippen LogP contribution in [0.15, 0.2) is 42.5 Å². The summed E-state index contributed by atoms with van der Waals surface area (Å²) in [6.45, 7) is 2.12. The zero-order valence-corrected chi connectivity index (χ0v) is 13.8. The minimum absolute atomic E-state index is 0.168. The molecule has 2 aromatic carbocycles. The average molecular weight is 326 g/mol. The number of nitrogens with zero attached hydrogens (tertiary/aromatic N) is 2. The van der Waals surface area contributed by atoms with Crippen LogP contribution in [0.5, 0.6) is 5.75 Å². The minimum atomic E-state index is 0.168. The van der Waals surface area contributed by atoms with E-state index in [1.807, 2.05) is 28.8 Å². The van der Waals surface area contributed by atoms with Crippen molar-refractivity contribution in [3.05, 3.63) is 52.8 Å². The van der Waals surface area contributed by atoms with Gasteiger partial charge in [-0.15, -0.1) is 0 Å². The third-order valence-electron chi connectivity index (χ3n) is 3.77. The van der Waals surface area contributed by atoms with E-state index in [0.29, 0.717) is 10.5 Å². The first-order chi connectivity index (χ1) is 11.1. The number of H-pyrrole nitrogens is 1. The normalized spacial score (nSPS) is 10.7. The molecule has 0 aliphatic carbocycles. The smallest absolute Gasteiger partial charge is 0.200 e. The molecule has 3 N–H and O–H groups in total. The third-order valence-corrected chi connectivity index (χ3v) is 4.05. The molecule has 0 fully saturated rings. The number of aromatic amines is 1. The second kappa shape index (κ2) is 6.26. The van der Waals surface area contributed by atoms with Gasteiger partial charge in [0.2, 0.25) is 0 Å². The number of rotatable bonds is 4. The standard InChI is InChI=1S/C17H18N4OS/c1-3-11-5-4-6-12(9-11)16-19-20-17(23)21(16)13-7-8-14(18-2)15(22)10-13/h4-10,18,22H,3H2,1-2H3,(H,20,23). The van der Waals surface area contributed by atoms with Crippen molar-refractivity contribution < 1.29 is 5.11 Å². The van der Waals surface area contributed by atoms with Crippen molar-refractivity contribution in [3.8, 4) is 22.8 Å². The Balaban J connectivity index is 2.16. The molecular weight excluding hydrogens is 308 g/mol. The predicted octanol–water partition coefficient (Wildman–Crippen LogP) is 3.91. The summed E-state index contributed by atoms with van der Waals surface area (Å²) in [4.78, 5) is 0. The van der Waals surface area contributed by atoms with Crippen LogP contribution in [0.1, 0.15) is 12.5 Å². The van der Waals surface area contributed by atoms with Crippen LogP contribution in [-0.2, 0) is 6.42 Å². The highest BCUT2D eigenvalue weighted by molar-refractivity contribution is 7.71. The zero-order chi connectivity index (χ0) is 16.4. The van der Waals surface area contributed by atoms with Gasteiger partial charge in [-0.1, -0.05) is 25.1 Å². The van der Waals surface area contributed by atoms with E-state index in [1.54, 1.807) is 13.1 Å². The highest BCUT2D eigenvalue weighted by Gasteiger charge is 2.12. The van der Waals surface area contributed by atoms with Gasteiger partial charge in [-0.05, 0) is 42.4 Å². The van der Waals surface area contributed by atoms with Crippen molar-refractivity contribution in [1.82, 2.24) is 14.8 Å². The van der Waals surface area contributed by atoms with Crippen molar-refractivity contribution >= 4 is 17.9 Å². The summed E-state index contributed by atoms with van der Waals surface area (Å²) in [5.74, 6) is 0.892. The summed E-state index contributed by atoms with van der Waals surface area (Å²) in [5, 5.41) is 20.2. The fourth-order valence-corrected chi connectivity index (χ4v) is 2.77. The molecule has 0 aliphatic rings. The molecular formula is C17H18N4OS. The molecule has 6 heteroatoms. The Morgan fingerprint density at radius 3 is 2.78 bits per heavy atom. The Morgan fingerprint density at radius 2 is 2.09 bits per heavy atom. The summed E-state index contributed by atoms with van der Waals surface area (Å²) in [7, 11) is 1.76. The number of hydrogen-bond acceptors (Lipinski definition) is 4. The van der Waals surface area contributed by atoms with Crippen LogP contribution in [0.3, 0.4) is 0 Å². The Kier molecular flexibility index (Phi) is 4.16. The summed E-state index contributed by atoms with van der Waals surface area (Å²) in [6, 6.07) is 13.6. The number of anilines is 1. The topological polar surface area (TPSA) is 65.9 Å². The summed E-state index contributed by atoms with van der Waals surface area (Å²) in [5.41, 5.74) is 3.64. The fourth-order valence-electron chi connectivity index (χ4n) is 2.53. The maximum absolute atomic E-state index is 10.1. The van der Waals surface area contributed by atoms with Gasteiger partial charge in [0.1, 0.15) is 5.75 Å². The lowest BCUT2D eigenvalue weighted by Crippen LogP contribution is -1.99. The lowest BCUT2D eigenvalue weighted by Gasteiger charge is -2.10. The van der Waals surface area contributed by atoms with Crippen molar-refractivity contribution in [2.75, 3.05) is 12.4 Å². The molecule has 118 valence electrons. The molecule has 3 rings (SSSR count). The van der Waals surface area contributed by atoms with E-state index in [2.05, 4.69) is 34.6 Å². The molecule has 0 aliphatic heterocycles. The Morgan fingerprint density at radius 1 is 1.26 bits per heavy atom. The summed E-state index contributed by atoms with van der Waals surface area (Å²) in [6.07, 6.45) is 0.955. The van der Waals surface area contributed by atoms with Gasteiger partial charge >= 0.3 is 0 Å².